The van der Waals surface area contributed by atoms with Crippen molar-refractivity contribution in [2.24, 2.45) is 5.73 Å². The van der Waals surface area contributed by atoms with E-state index in [1.807, 2.05) is 0 Å². The number of aromatic nitrogens is 2. The topological polar surface area (TPSA) is 72.9 Å². The first-order valence-electron chi connectivity index (χ1n) is 6.83. The average molecular weight is 322 g/mol. The Hall–Kier alpha value is -2.77. The number of hydrogen-bond acceptors (Lipinski definition) is 3. The highest BCUT2D eigenvalue weighted by Crippen LogP contribution is 2.33. The highest BCUT2D eigenvalue weighted by atomic mass is 19.4. The first-order valence-corrected chi connectivity index (χ1v) is 6.83. The molecule has 120 valence electrons. The smallest absolute Gasteiger partial charge is 0.369 e. The lowest BCUT2D eigenvalue weighted by Crippen LogP contribution is -2.18. The molecule has 2 aromatic rings. The van der Waals surface area contributed by atoms with Crippen molar-refractivity contribution in [1.82, 2.24) is 9.78 Å². The van der Waals surface area contributed by atoms with Crippen LogP contribution in [0.5, 0.6) is 0 Å². The second-order valence-electron chi connectivity index (χ2n) is 5.12. The molecule has 0 fully saturated rings. The number of fused-ring (bicyclic) bond motifs is 1. The molecule has 0 radical (unpaired) electrons. The third kappa shape index (κ3) is 2.92. The lowest BCUT2D eigenvalue weighted by atomic mass is 10.1. The first kappa shape index (κ1) is 15.1. The highest BCUT2D eigenvalue weighted by molar-refractivity contribution is 5.80. The SMILES string of the molecule is NC(=O)Cc1cnn2c1NCC=C2c1cccc(C(F)(F)F)c1. The minimum Gasteiger partial charge on any atom is -0.369 e. The van der Waals surface area contributed by atoms with E-state index in [1.54, 1.807) is 12.1 Å². The minimum atomic E-state index is -4.41. The molecule has 0 bridgehead atoms. The average Bonchev–Trinajstić information content (AvgIpc) is 2.89. The Balaban J connectivity index is 2.02. The maximum absolute atomic E-state index is 12.9. The van der Waals surface area contributed by atoms with Crippen LogP contribution in [0.15, 0.2) is 36.5 Å². The normalized spacial score (nSPS) is 14.0. The molecule has 0 unspecified atom stereocenters. The van der Waals surface area contributed by atoms with Gasteiger partial charge in [-0.15, -0.1) is 0 Å². The number of hydrogen-bond donors (Lipinski definition) is 2. The number of nitrogens with two attached hydrogens (primary N) is 1. The van der Waals surface area contributed by atoms with Gasteiger partial charge in [-0.1, -0.05) is 12.1 Å². The van der Waals surface area contributed by atoms with Crippen molar-refractivity contribution in [3.8, 4) is 0 Å². The number of alkyl halides is 3. The van der Waals surface area contributed by atoms with Gasteiger partial charge in [-0.05, 0) is 18.2 Å². The largest absolute Gasteiger partial charge is 0.416 e. The van der Waals surface area contributed by atoms with Gasteiger partial charge in [0.1, 0.15) is 5.82 Å². The number of nitrogens with one attached hydrogen (secondary N) is 1. The van der Waals surface area contributed by atoms with E-state index in [2.05, 4.69) is 10.4 Å². The molecule has 0 aliphatic carbocycles. The summed E-state index contributed by atoms with van der Waals surface area (Å²) >= 11 is 0. The molecule has 23 heavy (non-hydrogen) atoms. The lowest BCUT2D eigenvalue weighted by molar-refractivity contribution is -0.137. The number of carbonyl (C=O) groups excluding carboxylic acids is 1. The Morgan fingerprint density at radius 1 is 1.39 bits per heavy atom. The van der Waals surface area contributed by atoms with Gasteiger partial charge >= 0.3 is 6.18 Å². The van der Waals surface area contributed by atoms with Crippen LogP contribution in [0.25, 0.3) is 5.70 Å². The van der Waals surface area contributed by atoms with E-state index < -0.39 is 17.6 Å². The Bertz CT molecular complexity index is 792. The van der Waals surface area contributed by atoms with Crippen LogP contribution >= 0.6 is 0 Å². The zero-order valence-corrected chi connectivity index (χ0v) is 11.9. The van der Waals surface area contributed by atoms with Gasteiger partial charge in [-0.25, -0.2) is 4.68 Å². The van der Waals surface area contributed by atoms with E-state index in [4.69, 9.17) is 5.73 Å². The zero-order chi connectivity index (χ0) is 16.6. The summed E-state index contributed by atoms with van der Waals surface area (Å²) < 4.78 is 40.1. The third-order valence-corrected chi connectivity index (χ3v) is 3.49. The number of carbonyl (C=O) groups is 1. The fraction of sp³-hybridized carbons (Fsp3) is 0.200. The van der Waals surface area contributed by atoms with Crippen molar-refractivity contribution < 1.29 is 18.0 Å². The fourth-order valence-corrected chi connectivity index (χ4v) is 2.50. The molecule has 1 aromatic carbocycles. The minimum absolute atomic E-state index is 0.0121. The zero-order valence-electron chi connectivity index (χ0n) is 11.9. The predicted molar refractivity (Wildman–Crippen MR) is 78.4 cm³/mol. The number of nitrogens with zero attached hydrogens (tertiary/aromatic N) is 2. The number of amides is 1. The molecular weight excluding hydrogens is 309 g/mol. The van der Waals surface area contributed by atoms with E-state index >= 15 is 0 Å². The fourth-order valence-electron chi connectivity index (χ4n) is 2.50. The molecule has 3 rings (SSSR count). The summed E-state index contributed by atoms with van der Waals surface area (Å²) in [7, 11) is 0. The monoisotopic (exact) mass is 322 g/mol. The number of primary amides is 1. The summed E-state index contributed by atoms with van der Waals surface area (Å²) in [5.74, 6) is 0.0662. The summed E-state index contributed by atoms with van der Waals surface area (Å²) in [5, 5.41) is 7.21. The van der Waals surface area contributed by atoms with Crippen LogP contribution < -0.4 is 11.1 Å². The summed E-state index contributed by atoms with van der Waals surface area (Å²) in [5.41, 5.74) is 6.00. The van der Waals surface area contributed by atoms with Crippen molar-refractivity contribution in [3.05, 3.63) is 53.2 Å². The molecule has 2 heterocycles. The van der Waals surface area contributed by atoms with Gasteiger partial charge in [0.15, 0.2) is 0 Å². The second kappa shape index (κ2) is 5.45. The van der Waals surface area contributed by atoms with E-state index in [1.165, 1.54) is 16.9 Å². The number of anilines is 1. The molecule has 1 aromatic heterocycles. The predicted octanol–water partition coefficient (Wildman–Crippen LogP) is 2.24. The first-order chi connectivity index (χ1) is 10.9. The summed E-state index contributed by atoms with van der Waals surface area (Å²) in [4.78, 5) is 11.1. The van der Waals surface area contributed by atoms with E-state index in [-0.39, 0.29) is 6.42 Å². The molecule has 0 atom stereocenters. The van der Waals surface area contributed by atoms with Gasteiger partial charge in [-0.3, -0.25) is 4.79 Å². The molecule has 5 nitrogen and oxygen atoms in total. The van der Waals surface area contributed by atoms with Crippen molar-refractivity contribution in [2.45, 2.75) is 12.6 Å². The van der Waals surface area contributed by atoms with Crippen LogP contribution in [0.3, 0.4) is 0 Å². The Morgan fingerprint density at radius 2 is 2.17 bits per heavy atom. The second-order valence-corrected chi connectivity index (χ2v) is 5.12. The number of halogens is 3. The van der Waals surface area contributed by atoms with E-state index in [0.29, 0.717) is 29.2 Å². The van der Waals surface area contributed by atoms with Gasteiger partial charge in [0.2, 0.25) is 5.91 Å². The van der Waals surface area contributed by atoms with Gasteiger partial charge in [-0.2, -0.15) is 18.3 Å². The van der Waals surface area contributed by atoms with Crippen molar-refractivity contribution in [2.75, 3.05) is 11.9 Å². The molecule has 0 saturated heterocycles. The van der Waals surface area contributed by atoms with Crippen molar-refractivity contribution in [3.63, 3.8) is 0 Å². The lowest BCUT2D eigenvalue weighted by Gasteiger charge is -2.19. The summed E-state index contributed by atoms with van der Waals surface area (Å²) in [6.45, 7) is 0.420. The molecule has 0 saturated carbocycles. The van der Waals surface area contributed by atoms with Crippen LogP contribution in [-0.4, -0.2) is 22.2 Å². The van der Waals surface area contributed by atoms with Crippen LogP contribution in [0.2, 0.25) is 0 Å². The molecule has 1 aliphatic heterocycles. The maximum Gasteiger partial charge on any atom is 0.416 e. The molecular formula is C15H13F3N4O. The molecule has 3 N–H and O–H groups in total. The van der Waals surface area contributed by atoms with Crippen LogP contribution in [0, 0.1) is 0 Å². The van der Waals surface area contributed by atoms with Gasteiger partial charge in [0.05, 0.1) is 23.9 Å². The third-order valence-electron chi connectivity index (χ3n) is 3.49. The van der Waals surface area contributed by atoms with Crippen molar-refractivity contribution in [1.29, 1.82) is 0 Å². The van der Waals surface area contributed by atoms with Crippen LogP contribution in [0.4, 0.5) is 19.0 Å². The number of benzene rings is 1. The molecule has 1 aliphatic rings. The van der Waals surface area contributed by atoms with E-state index in [0.717, 1.165) is 12.1 Å². The van der Waals surface area contributed by atoms with E-state index in [9.17, 15) is 18.0 Å². The Kier molecular flexibility index (Phi) is 3.59. The maximum atomic E-state index is 12.9. The standard InChI is InChI=1S/C15H13F3N4O/c16-15(17,18)11-3-1-2-9(6-11)12-4-5-20-14-10(7-13(19)23)8-21-22(12)14/h1-4,6,8,20H,5,7H2,(H2,19,23). The van der Waals surface area contributed by atoms with Gasteiger partial charge in [0.25, 0.3) is 0 Å². The van der Waals surface area contributed by atoms with Gasteiger partial charge in [0, 0.05) is 17.7 Å². The summed E-state index contributed by atoms with van der Waals surface area (Å²) in [6.07, 6.45) is -1.17. The molecule has 1 amide bonds. The van der Waals surface area contributed by atoms with Crippen LogP contribution in [0.1, 0.15) is 16.7 Å². The van der Waals surface area contributed by atoms with Crippen LogP contribution in [-0.2, 0) is 17.4 Å². The Morgan fingerprint density at radius 3 is 2.87 bits per heavy atom. The Labute approximate surface area is 129 Å². The quantitative estimate of drug-likeness (QED) is 0.910. The highest BCUT2D eigenvalue weighted by Gasteiger charge is 2.31. The van der Waals surface area contributed by atoms with Gasteiger partial charge < -0.3 is 11.1 Å². The van der Waals surface area contributed by atoms with Crippen molar-refractivity contribution >= 4 is 17.4 Å². The summed E-state index contributed by atoms with van der Waals surface area (Å²) in [6, 6.07) is 5.05. The number of rotatable bonds is 3. The molecule has 8 heteroatoms. The molecule has 0 spiro atoms.